The minimum Gasteiger partial charge on any atom is -0.469 e. The first kappa shape index (κ1) is 14.3. The summed E-state index contributed by atoms with van der Waals surface area (Å²) < 4.78 is 5.09. The number of para-hydroxylation sites is 1. The average molecular weight is 308 g/mol. The van der Waals surface area contributed by atoms with Gasteiger partial charge in [0.2, 0.25) is 0 Å². The van der Waals surface area contributed by atoms with Crippen LogP contribution in [0.5, 0.6) is 0 Å². The monoisotopic (exact) mass is 308 g/mol. The number of benzene rings is 2. The molecule has 2 heterocycles. The molecule has 0 saturated carbocycles. The molecule has 0 amide bonds. The van der Waals surface area contributed by atoms with Crippen LogP contribution in [0.2, 0.25) is 0 Å². The highest BCUT2D eigenvalue weighted by Gasteiger charge is 2.47. The molecule has 2 atom stereocenters. The van der Waals surface area contributed by atoms with Crippen molar-refractivity contribution in [2.45, 2.75) is 12.5 Å². The second-order valence-electron chi connectivity index (χ2n) is 6.10. The van der Waals surface area contributed by atoms with Gasteiger partial charge in [-0.05, 0) is 29.7 Å². The number of nitrogens with zero attached hydrogens (tertiary/aromatic N) is 2. The molecule has 0 spiro atoms. The number of hydrogen-bond donors (Lipinski definition) is 0. The Balaban J connectivity index is 1.77. The Morgan fingerprint density at radius 3 is 2.61 bits per heavy atom. The van der Waals surface area contributed by atoms with E-state index in [1.165, 1.54) is 18.2 Å². The number of ether oxygens (including phenoxy) is 1. The first-order valence-corrected chi connectivity index (χ1v) is 8.04. The molecule has 2 aromatic rings. The number of carbonyl (C=O) groups excluding carboxylic acids is 1. The second-order valence-corrected chi connectivity index (χ2v) is 6.10. The van der Waals surface area contributed by atoms with E-state index in [0.717, 1.165) is 18.7 Å². The van der Waals surface area contributed by atoms with Crippen molar-refractivity contribution in [3.63, 3.8) is 0 Å². The quantitative estimate of drug-likeness (QED) is 0.799. The molecule has 0 aliphatic carbocycles. The van der Waals surface area contributed by atoms with Gasteiger partial charge in [0, 0.05) is 6.54 Å². The van der Waals surface area contributed by atoms with E-state index < -0.39 is 0 Å². The van der Waals surface area contributed by atoms with Crippen molar-refractivity contribution in [3.8, 4) is 0 Å². The van der Waals surface area contributed by atoms with Gasteiger partial charge in [-0.1, -0.05) is 42.5 Å². The molecule has 23 heavy (non-hydrogen) atoms. The number of hydrazine groups is 1. The topological polar surface area (TPSA) is 32.8 Å². The maximum absolute atomic E-state index is 12.4. The van der Waals surface area contributed by atoms with Crippen LogP contribution in [-0.4, -0.2) is 31.2 Å². The highest BCUT2D eigenvalue weighted by atomic mass is 16.5. The van der Waals surface area contributed by atoms with Crippen LogP contribution < -0.4 is 5.01 Å². The minimum absolute atomic E-state index is 0.0626. The lowest BCUT2D eigenvalue weighted by molar-refractivity contribution is -0.146. The molecular formula is C19H20N2O2. The molecule has 1 fully saturated rings. The zero-order valence-corrected chi connectivity index (χ0v) is 13.2. The lowest BCUT2D eigenvalue weighted by Crippen LogP contribution is -2.42. The maximum atomic E-state index is 12.4. The lowest BCUT2D eigenvalue weighted by atomic mass is 9.87. The van der Waals surface area contributed by atoms with Gasteiger partial charge in [0.25, 0.3) is 0 Å². The van der Waals surface area contributed by atoms with Crippen molar-refractivity contribution in [3.05, 3.63) is 65.7 Å². The van der Waals surface area contributed by atoms with E-state index >= 15 is 0 Å². The predicted octanol–water partition coefficient (Wildman–Crippen LogP) is 2.81. The fourth-order valence-corrected chi connectivity index (χ4v) is 3.88. The number of esters is 1. The van der Waals surface area contributed by atoms with Crippen LogP contribution in [-0.2, 0) is 16.0 Å². The summed E-state index contributed by atoms with van der Waals surface area (Å²) in [7, 11) is 1.48. The Morgan fingerprint density at radius 1 is 1.09 bits per heavy atom. The normalized spacial score (nSPS) is 23.3. The largest absolute Gasteiger partial charge is 0.469 e. The van der Waals surface area contributed by atoms with Gasteiger partial charge in [-0.2, -0.15) is 0 Å². The number of anilines is 1. The summed E-state index contributed by atoms with van der Waals surface area (Å²) in [5.41, 5.74) is 3.73. The van der Waals surface area contributed by atoms with Crippen LogP contribution in [0.3, 0.4) is 0 Å². The Hall–Kier alpha value is -2.33. The van der Waals surface area contributed by atoms with Crippen LogP contribution in [0.15, 0.2) is 54.6 Å². The van der Waals surface area contributed by atoms with Gasteiger partial charge in [-0.15, -0.1) is 0 Å². The average Bonchev–Trinajstić information content (AvgIpc) is 3.02. The molecule has 0 radical (unpaired) electrons. The first-order valence-electron chi connectivity index (χ1n) is 8.04. The molecule has 2 unspecified atom stereocenters. The third-order valence-electron chi connectivity index (χ3n) is 4.92. The Labute approximate surface area is 136 Å². The third kappa shape index (κ3) is 2.30. The maximum Gasteiger partial charge on any atom is 0.312 e. The van der Waals surface area contributed by atoms with Crippen LogP contribution in [0.25, 0.3) is 0 Å². The van der Waals surface area contributed by atoms with E-state index in [-0.39, 0.29) is 17.9 Å². The van der Waals surface area contributed by atoms with E-state index in [9.17, 15) is 4.79 Å². The second kappa shape index (κ2) is 5.70. The van der Waals surface area contributed by atoms with Gasteiger partial charge in [0.15, 0.2) is 0 Å². The zero-order valence-electron chi connectivity index (χ0n) is 13.2. The molecule has 0 N–H and O–H groups in total. The van der Waals surface area contributed by atoms with Crippen molar-refractivity contribution in [1.82, 2.24) is 5.01 Å². The molecule has 2 aliphatic heterocycles. The van der Waals surface area contributed by atoms with E-state index in [0.29, 0.717) is 6.54 Å². The molecule has 2 aromatic carbocycles. The molecule has 0 bridgehead atoms. The van der Waals surface area contributed by atoms with Gasteiger partial charge in [0.05, 0.1) is 31.3 Å². The van der Waals surface area contributed by atoms with Gasteiger partial charge in [-0.3, -0.25) is 4.79 Å². The van der Waals surface area contributed by atoms with E-state index in [4.69, 9.17) is 4.74 Å². The smallest absolute Gasteiger partial charge is 0.312 e. The summed E-state index contributed by atoms with van der Waals surface area (Å²) in [5, 5.41) is 4.57. The Morgan fingerprint density at radius 2 is 1.83 bits per heavy atom. The lowest BCUT2D eigenvalue weighted by Gasteiger charge is -2.38. The number of carbonyl (C=O) groups is 1. The van der Waals surface area contributed by atoms with Crippen LogP contribution in [0, 0.1) is 5.92 Å². The summed E-state index contributed by atoms with van der Waals surface area (Å²) in [6.45, 7) is 1.58. The molecule has 1 saturated heterocycles. The molecule has 4 nitrogen and oxygen atoms in total. The van der Waals surface area contributed by atoms with Crippen LogP contribution in [0.1, 0.15) is 17.2 Å². The number of fused-ring (bicyclic) bond motifs is 3. The summed E-state index contributed by atoms with van der Waals surface area (Å²) in [4.78, 5) is 12.4. The highest BCUT2D eigenvalue weighted by molar-refractivity contribution is 5.75. The first-order chi connectivity index (χ1) is 11.3. The standard InChI is InChI=1S/C19H20N2O2/c1-23-19(22)17-13-21(15-8-3-2-4-9-15)20-12-11-14-7-5-6-10-16(14)18(17)20/h2-10,17-18H,11-13H2,1H3. The summed E-state index contributed by atoms with van der Waals surface area (Å²) in [5.74, 6) is -0.295. The van der Waals surface area contributed by atoms with Crippen molar-refractivity contribution in [2.75, 3.05) is 25.2 Å². The molecule has 2 aliphatic rings. The van der Waals surface area contributed by atoms with Crippen molar-refractivity contribution < 1.29 is 9.53 Å². The summed E-state index contributed by atoms with van der Waals surface area (Å²) in [6.07, 6.45) is 1.00. The highest BCUT2D eigenvalue weighted by Crippen LogP contribution is 2.43. The van der Waals surface area contributed by atoms with Gasteiger partial charge in [0.1, 0.15) is 0 Å². The fourth-order valence-electron chi connectivity index (χ4n) is 3.88. The minimum atomic E-state index is -0.165. The van der Waals surface area contributed by atoms with Crippen molar-refractivity contribution in [1.29, 1.82) is 0 Å². The molecule has 4 rings (SSSR count). The molecular weight excluding hydrogens is 288 g/mol. The van der Waals surface area contributed by atoms with E-state index in [1.54, 1.807) is 0 Å². The Bertz CT molecular complexity index is 716. The van der Waals surface area contributed by atoms with E-state index in [2.05, 4.69) is 46.4 Å². The van der Waals surface area contributed by atoms with Crippen LogP contribution in [0.4, 0.5) is 5.69 Å². The van der Waals surface area contributed by atoms with Crippen LogP contribution >= 0.6 is 0 Å². The van der Waals surface area contributed by atoms with Crippen molar-refractivity contribution >= 4 is 11.7 Å². The number of rotatable bonds is 2. The zero-order chi connectivity index (χ0) is 15.8. The Kier molecular flexibility index (Phi) is 3.54. The van der Waals surface area contributed by atoms with Crippen molar-refractivity contribution in [2.24, 2.45) is 5.92 Å². The number of hydrogen-bond acceptors (Lipinski definition) is 4. The third-order valence-corrected chi connectivity index (χ3v) is 4.92. The predicted molar refractivity (Wildman–Crippen MR) is 88.9 cm³/mol. The molecule has 4 heteroatoms. The SMILES string of the molecule is COC(=O)C1CN(c2ccccc2)N2CCc3ccccc3C12. The van der Waals surface area contributed by atoms with E-state index in [1.807, 2.05) is 18.2 Å². The number of methoxy groups -OCH3 is 1. The molecule has 118 valence electrons. The van der Waals surface area contributed by atoms with Gasteiger partial charge < -0.3 is 9.75 Å². The van der Waals surface area contributed by atoms with Gasteiger partial charge >= 0.3 is 5.97 Å². The van der Waals surface area contributed by atoms with Gasteiger partial charge in [-0.25, -0.2) is 5.01 Å². The summed E-state index contributed by atoms with van der Waals surface area (Å²) >= 11 is 0. The molecule has 0 aromatic heterocycles. The summed E-state index contributed by atoms with van der Waals surface area (Å²) in [6, 6.07) is 18.8. The fraction of sp³-hybridized carbons (Fsp3) is 0.316.